The summed E-state index contributed by atoms with van der Waals surface area (Å²) >= 11 is 3.43. The van der Waals surface area contributed by atoms with E-state index < -0.39 is 0 Å². The zero-order valence-electron chi connectivity index (χ0n) is 13.1. The van der Waals surface area contributed by atoms with Crippen molar-refractivity contribution < 1.29 is 9.53 Å². The van der Waals surface area contributed by atoms with Crippen molar-refractivity contribution in [3.63, 3.8) is 0 Å². The van der Waals surface area contributed by atoms with Crippen LogP contribution in [-0.2, 0) is 11.2 Å². The van der Waals surface area contributed by atoms with Crippen molar-refractivity contribution in [2.24, 2.45) is 0 Å². The first-order valence-corrected chi connectivity index (χ1v) is 8.65. The highest BCUT2D eigenvalue weighted by atomic mass is 79.9. The highest BCUT2D eigenvalue weighted by Crippen LogP contribution is 2.19. The summed E-state index contributed by atoms with van der Waals surface area (Å²) in [6, 6.07) is 17.8. The van der Waals surface area contributed by atoms with Gasteiger partial charge in [-0.2, -0.15) is 0 Å². The summed E-state index contributed by atoms with van der Waals surface area (Å²) < 4.78 is 6.95. The number of hydrogen-bond acceptors (Lipinski definition) is 2. The van der Waals surface area contributed by atoms with Crippen LogP contribution in [0.1, 0.15) is 22.8 Å². The number of halogens is 1. The average molecular weight is 374 g/mol. The number of benzene rings is 2. The van der Waals surface area contributed by atoms with Crippen LogP contribution in [0.3, 0.4) is 0 Å². The van der Waals surface area contributed by atoms with Gasteiger partial charge in [0.25, 0.3) is 5.91 Å². The van der Waals surface area contributed by atoms with Crippen molar-refractivity contribution in [2.45, 2.75) is 25.6 Å². The van der Waals surface area contributed by atoms with Crippen LogP contribution in [-0.4, -0.2) is 36.1 Å². The van der Waals surface area contributed by atoms with E-state index in [2.05, 4.69) is 28.1 Å². The molecule has 0 saturated carbocycles. The molecule has 1 heterocycles. The lowest BCUT2D eigenvalue weighted by Gasteiger charge is -2.37. The Balaban J connectivity index is 1.71. The molecule has 0 aliphatic carbocycles. The van der Waals surface area contributed by atoms with E-state index >= 15 is 0 Å². The van der Waals surface area contributed by atoms with Gasteiger partial charge < -0.3 is 9.64 Å². The molecule has 0 aromatic heterocycles. The number of hydrogen-bond donors (Lipinski definition) is 0. The van der Waals surface area contributed by atoms with Gasteiger partial charge in [-0.25, -0.2) is 0 Å². The fourth-order valence-corrected chi connectivity index (χ4v) is 3.40. The molecule has 3 rings (SSSR count). The maximum absolute atomic E-state index is 12.7. The summed E-state index contributed by atoms with van der Waals surface area (Å²) in [6.45, 7) is 3.29. The molecule has 4 heteroatoms. The smallest absolute Gasteiger partial charge is 0.254 e. The second kappa shape index (κ2) is 7.28. The predicted molar refractivity (Wildman–Crippen MR) is 94.5 cm³/mol. The van der Waals surface area contributed by atoms with Crippen LogP contribution >= 0.6 is 15.9 Å². The largest absolute Gasteiger partial charge is 0.371 e. The number of amides is 1. The van der Waals surface area contributed by atoms with Gasteiger partial charge in [-0.3, -0.25) is 4.79 Å². The molecule has 1 aliphatic rings. The Morgan fingerprint density at radius 2 is 1.96 bits per heavy atom. The molecule has 2 atom stereocenters. The minimum atomic E-state index is 0.0391. The first kappa shape index (κ1) is 16.2. The fraction of sp³-hybridized carbons (Fsp3) is 0.316. The summed E-state index contributed by atoms with van der Waals surface area (Å²) in [7, 11) is 0. The third kappa shape index (κ3) is 4.21. The van der Waals surface area contributed by atoms with Gasteiger partial charge >= 0.3 is 0 Å². The molecule has 1 aliphatic heterocycles. The molecular weight excluding hydrogens is 354 g/mol. The van der Waals surface area contributed by atoms with Crippen molar-refractivity contribution in [1.82, 2.24) is 4.90 Å². The van der Waals surface area contributed by atoms with E-state index in [1.54, 1.807) is 0 Å². The minimum absolute atomic E-state index is 0.0391. The maximum atomic E-state index is 12.7. The Labute approximate surface area is 145 Å². The highest BCUT2D eigenvalue weighted by molar-refractivity contribution is 9.10. The third-order valence-electron chi connectivity index (χ3n) is 3.99. The van der Waals surface area contributed by atoms with E-state index in [1.807, 2.05) is 54.3 Å². The van der Waals surface area contributed by atoms with Crippen LogP contribution in [0.2, 0.25) is 0 Å². The van der Waals surface area contributed by atoms with Crippen molar-refractivity contribution in [1.29, 1.82) is 0 Å². The van der Waals surface area contributed by atoms with E-state index in [0.29, 0.717) is 18.7 Å². The molecule has 0 bridgehead atoms. The van der Waals surface area contributed by atoms with Gasteiger partial charge in [-0.1, -0.05) is 52.3 Å². The van der Waals surface area contributed by atoms with Crippen LogP contribution in [0, 0.1) is 0 Å². The van der Waals surface area contributed by atoms with Gasteiger partial charge in [0.2, 0.25) is 0 Å². The van der Waals surface area contributed by atoms with E-state index in [9.17, 15) is 4.79 Å². The summed E-state index contributed by atoms with van der Waals surface area (Å²) in [6.07, 6.45) is 0.916. The second-order valence-electron chi connectivity index (χ2n) is 5.98. The third-order valence-corrected chi connectivity index (χ3v) is 4.48. The molecule has 1 saturated heterocycles. The van der Waals surface area contributed by atoms with Crippen LogP contribution in [0.15, 0.2) is 59.1 Å². The zero-order chi connectivity index (χ0) is 16.2. The van der Waals surface area contributed by atoms with Gasteiger partial charge in [0.05, 0.1) is 12.2 Å². The maximum Gasteiger partial charge on any atom is 0.254 e. The molecule has 1 fully saturated rings. The number of carbonyl (C=O) groups excluding carboxylic acids is 1. The molecule has 23 heavy (non-hydrogen) atoms. The summed E-state index contributed by atoms with van der Waals surface area (Å²) in [4.78, 5) is 14.7. The first-order chi connectivity index (χ1) is 11.1. The van der Waals surface area contributed by atoms with Gasteiger partial charge in [0, 0.05) is 29.5 Å². The Hall–Kier alpha value is -1.65. The number of morpholine rings is 1. The Morgan fingerprint density at radius 1 is 1.17 bits per heavy atom. The number of ether oxygens (including phenoxy) is 1. The Bertz CT molecular complexity index is 674. The van der Waals surface area contributed by atoms with Crippen LogP contribution < -0.4 is 0 Å². The van der Waals surface area contributed by atoms with Gasteiger partial charge in [-0.15, -0.1) is 0 Å². The lowest BCUT2D eigenvalue weighted by molar-refractivity contribution is -0.0664. The zero-order valence-corrected chi connectivity index (χ0v) is 14.7. The minimum Gasteiger partial charge on any atom is -0.371 e. The average Bonchev–Trinajstić information content (AvgIpc) is 2.54. The van der Waals surface area contributed by atoms with Crippen LogP contribution in [0.5, 0.6) is 0 Å². The number of carbonyl (C=O) groups is 1. The summed E-state index contributed by atoms with van der Waals surface area (Å²) in [5.41, 5.74) is 1.95. The molecule has 2 aromatic carbocycles. The van der Waals surface area contributed by atoms with Crippen molar-refractivity contribution in [2.75, 3.05) is 13.1 Å². The van der Waals surface area contributed by atoms with Crippen LogP contribution in [0.25, 0.3) is 0 Å². The Morgan fingerprint density at radius 3 is 2.70 bits per heavy atom. The number of rotatable bonds is 3. The fourth-order valence-electron chi connectivity index (χ4n) is 3.00. The van der Waals surface area contributed by atoms with Crippen molar-refractivity contribution >= 4 is 21.8 Å². The number of nitrogens with zero attached hydrogens (tertiary/aromatic N) is 1. The molecule has 1 amide bonds. The molecular formula is C19H20BrNO2. The molecule has 0 radical (unpaired) electrons. The SMILES string of the molecule is CC1CN(C(=O)c2cccc(Br)c2)CC(Cc2ccccc2)O1. The lowest BCUT2D eigenvalue weighted by Crippen LogP contribution is -2.49. The van der Waals surface area contributed by atoms with E-state index in [1.165, 1.54) is 5.56 Å². The Kier molecular flexibility index (Phi) is 5.13. The van der Waals surface area contributed by atoms with Gasteiger partial charge in [0.15, 0.2) is 0 Å². The normalized spacial score (nSPS) is 21.2. The molecule has 2 aromatic rings. The predicted octanol–water partition coefficient (Wildman–Crippen LogP) is 3.92. The standard InChI is InChI=1S/C19H20BrNO2/c1-14-12-21(19(22)16-8-5-9-17(20)11-16)13-18(23-14)10-15-6-3-2-4-7-15/h2-9,11,14,18H,10,12-13H2,1H3. The lowest BCUT2D eigenvalue weighted by atomic mass is 10.0. The molecule has 0 spiro atoms. The summed E-state index contributed by atoms with van der Waals surface area (Å²) in [5.74, 6) is 0.0690. The first-order valence-electron chi connectivity index (χ1n) is 7.86. The van der Waals surface area contributed by atoms with E-state index in [0.717, 1.165) is 10.9 Å². The van der Waals surface area contributed by atoms with Crippen molar-refractivity contribution in [3.8, 4) is 0 Å². The molecule has 120 valence electrons. The van der Waals surface area contributed by atoms with Crippen molar-refractivity contribution in [3.05, 3.63) is 70.2 Å². The van der Waals surface area contributed by atoms with Crippen LogP contribution in [0.4, 0.5) is 0 Å². The topological polar surface area (TPSA) is 29.5 Å². The van der Waals surface area contributed by atoms with Gasteiger partial charge in [-0.05, 0) is 30.7 Å². The van der Waals surface area contributed by atoms with E-state index in [-0.39, 0.29) is 18.1 Å². The van der Waals surface area contributed by atoms with Gasteiger partial charge in [0.1, 0.15) is 0 Å². The quantitative estimate of drug-likeness (QED) is 0.815. The summed E-state index contributed by atoms with van der Waals surface area (Å²) in [5, 5.41) is 0. The van der Waals surface area contributed by atoms with E-state index in [4.69, 9.17) is 4.74 Å². The molecule has 2 unspecified atom stereocenters. The molecule has 3 nitrogen and oxygen atoms in total. The highest BCUT2D eigenvalue weighted by Gasteiger charge is 2.29. The molecule has 0 N–H and O–H groups in total. The second-order valence-corrected chi connectivity index (χ2v) is 6.89. The monoisotopic (exact) mass is 373 g/mol.